The van der Waals surface area contributed by atoms with E-state index in [0.29, 0.717) is 16.3 Å². The zero-order valence-electron chi connectivity index (χ0n) is 15.1. The molecule has 132 valence electrons. The van der Waals surface area contributed by atoms with Gasteiger partial charge in [-0.25, -0.2) is 9.98 Å². The average Bonchev–Trinajstić information content (AvgIpc) is 2.67. The van der Waals surface area contributed by atoms with Crippen LogP contribution in [-0.2, 0) is 6.42 Å². The summed E-state index contributed by atoms with van der Waals surface area (Å²) in [5.74, 6) is 0.849. The number of ether oxygens (including phenoxy) is 1. The Balaban J connectivity index is 1.83. The van der Waals surface area contributed by atoms with Gasteiger partial charge in [0.1, 0.15) is 22.4 Å². The summed E-state index contributed by atoms with van der Waals surface area (Å²) in [5, 5.41) is 10.2. The largest absolute Gasteiger partial charge is 0.497 e. The average molecular weight is 364 g/mol. The van der Waals surface area contributed by atoms with Crippen LogP contribution in [0.3, 0.4) is 0 Å². The van der Waals surface area contributed by atoms with Crippen LogP contribution in [0.4, 0.5) is 5.69 Å². The summed E-state index contributed by atoms with van der Waals surface area (Å²) in [6, 6.07) is 10.3. The number of rotatable bonds is 5. The van der Waals surface area contributed by atoms with Crippen molar-refractivity contribution in [3.05, 3.63) is 53.2 Å². The van der Waals surface area contributed by atoms with Crippen molar-refractivity contribution in [3.8, 4) is 11.8 Å². The molecule has 0 N–H and O–H groups in total. The maximum Gasteiger partial charge on any atom is 0.118 e. The van der Waals surface area contributed by atoms with Crippen LogP contribution in [0.2, 0.25) is 0 Å². The Morgan fingerprint density at radius 3 is 2.65 bits per heavy atom. The zero-order chi connectivity index (χ0) is 18.7. The second-order valence-electron chi connectivity index (χ2n) is 5.90. The molecule has 5 nitrogen and oxygen atoms in total. The van der Waals surface area contributed by atoms with Crippen LogP contribution in [0.25, 0.3) is 5.70 Å². The topological polar surface area (TPSA) is 61.5 Å². The summed E-state index contributed by atoms with van der Waals surface area (Å²) < 4.78 is 5.19. The van der Waals surface area contributed by atoms with E-state index < -0.39 is 0 Å². The third kappa shape index (κ3) is 3.31. The molecule has 1 aromatic carbocycles. The molecule has 0 fully saturated rings. The highest BCUT2D eigenvalue weighted by molar-refractivity contribution is 7.98. The Morgan fingerprint density at radius 1 is 1.31 bits per heavy atom. The number of methoxy groups -OCH3 is 1. The number of aliphatic imine (C=N–C) groups is 1. The number of pyridine rings is 1. The minimum Gasteiger partial charge on any atom is -0.497 e. The van der Waals surface area contributed by atoms with Crippen LogP contribution in [0.1, 0.15) is 22.4 Å². The quantitative estimate of drug-likeness (QED) is 0.745. The highest BCUT2D eigenvalue weighted by atomic mass is 32.2. The summed E-state index contributed by atoms with van der Waals surface area (Å²) in [5.41, 5.74) is 4.94. The second-order valence-corrected chi connectivity index (χ2v) is 6.69. The molecule has 2 heterocycles. The summed E-state index contributed by atoms with van der Waals surface area (Å²) in [6.45, 7) is 6.91. The van der Waals surface area contributed by atoms with E-state index in [1.807, 2.05) is 30.2 Å². The van der Waals surface area contributed by atoms with Crippen molar-refractivity contribution in [1.82, 2.24) is 9.88 Å². The van der Waals surface area contributed by atoms with Gasteiger partial charge in [-0.1, -0.05) is 18.7 Å². The molecule has 26 heavy (non-hydrogen) atoms. The molecule has 2 aromatic rings. The van der Waals surface area contributed by atoms with Crippen molar-refractivity contribution in [1.29, 1.82) is 5.26 Å². The van der Waals surface area contributed by atoms with Gasteiger partial charge in [0.15, 0.2) is 0 Å². The number of nitrogens with zero attached hydrogens (tertiary/aromatic N) is 4. The van der Waals surface area contributed by atoms with Crippen LogP contribution in [0.15, 0.2) is 40.9 Å². The number of hydrogen-bond donors (Lipinski definition) is 0. The predicted molar refractivity (Wildman–Crippen MR) is 106 cm³/mol. The molecule has 0 atom stereocenters. The van der Waals surface area contributed by atoms with Crippen LogP contribution in [0, 0.1) is 18.3 Å². The van der Waals surface area contributed by atoms with Gasteiger partial charge in [0, 0.05) is 17.8 Å². The Labute approximate surface area is 158 Å². The maximum absolute atomic E-state index is 9.51. The Kier molecular flexibility index (Phi) is 5.29. The molecule has 1 aromatic heterocycles. The molecule has 0 bridgehead atoms. The lowest BCUT2D eigenvalue weighted by Crippen LogP contribution is -2.26. The smallest absolute Gasteiger partial charge is 0.118 e. The highest BCUT2D eigenvalue weighted by Crippen LogP contribution is 2.39. The van der Waals surface area contributed by atoms with Crippen molar-refractivity contribution >= 4 is 29.5 Å². The normalized spacial score (nSPS) is 12.7. The molecule has 0 unspecified atom stereocenters. The fourth-order valence-electron chi connectivity index (χ4n) is 2.96. The van der Waals surface area contributed by atoms with E-state index in [-0.39, 0.29) is 0 Å². The lowest BCUT2D eigenvalue weighted by molar-refractivity contribution is 0.414. The molecule has 6 heteroatoms. The molecule has 0 spiro atoms. The van der Waals surface area contributed by atoms with Gasteiger partial charge < -0.3 is 9.64 Å². The van der Waals surface area contributed by atoms with Gasteiger partial charge in [0.25, 0.3) is 0 Å². The first-order chi connectivity index (χ1) is 12.6. The first kappa shape index (κ1) is 18.0. The second kappa shape index (κ2) is 7.63. The van der Waals surface area contributed by atoms with Gasteiger partial charge in [-0.3, -0.25) is 0 Å². The summed E-state index contributed by atoms with van der Waals surface area (Å²) >= 11 is 1.46. The van der Waals surface area contributed by atoms with Crippen molar-refractivity contribution in [2.24, 2.45) is 4.99 Å². The lowest BCUT2D eigenvalue weighted by atomic mass is 10.0. The monoisotopic (exact) mass is 364 g/mol. The minimum absolute atomic E-state index is 0.519. The first-order valence-electron chi connectivity index (χ1n) is 8.20. The van der Waals surface area contributed by atoms with Crippen LogP contribution < -0.4 is 4.74 Å². The Bertz CT molecular complexity index is 913. The van der Waals surface area contributed by atoms with Crippen molar-refractivity contribution in [3.63, 3.8) is 0 Å². The van der Waals surface area contributed by atoms with Gasteiger partial charge in [-0.15, -0.1) is 11.8 Å². The number of aromatic nitrogens is 1. The molecule has 0 saturated carbocycles. The fourth-order valence-corrected chi connectivity index (χ4v) is 3.53. The molecule has 0 radical (unpaired) electrons. The third-order valence-corrected chi connectivity index (χ3v) is 5.07. The standard InChI is InChI=1S/C20H20N4OS/c1-13-18-14(2)24(10-9-15-5-7-16(25-3)8-6-15)12-22-19(18)17(11-21)20(23-13)26-4/h5-8,12H,2,9-10H2,1,3-4H3. The zero-order valence-corrected chi connectivity index (χ0v) is 15.9. The number of fused-ring (bicyclic) bond motifs is 1. The molecular formula is C20H20N4OS. The minimum atomic E-state index is 0.519. The van der Waals surface area contributed by atoms with Crippen molar-refractivity contribution in [2.75, 3.05) is 19.9 Å². The molecular weight excluding hydrogens is 344 g/mol. The van der Waals surface area contributed by atoms with Gasteiger partial charge in [-0.05, 0) is 37.3 Å². The van der Waals surface area contributed by atoms with Crippen molar-refractivity contribution < 1.29 is 4.74 Å². The lowest BCUT2D eigenvalue weighted by Gasteiger charge is -2.28. The first-order valence-corrected chi connectivity index (χ1v) is 9.43. The summed E-state index contributed by atoms with van der Waals surface area (Å²) in [4.78, 5) is 11.1. The maximum atomic E-state index is 9.51. The molecule has 0 saturated heterocycles. The Hall–Kier alpha value is -2.78. The number of nitriles is 1. The number of benzene rings is 1. The van der Waals surface area contributed by atoms with Gasteiger partial charge in [0.05, 0.1) is 24.8 Å². The third-order valence-electron chi connectivity index (χ3n) is 4.39. The predicted octanol–water partition coefficient (Wildman–Crippen LogP) is 4.18. The molecule has 0 aliphatic carbocycles. The molecule has 3 rings (SSSR count). The van der Waals surface area contributed by atoms with E-state index in [1.165, 1.54) is 17.3 Å². The van der Waals surface area contributed by atoms with E-state index >= 15 is 0 Å². The van der Waals surface area contributed by atoms with E-state index in [0.717, 1.165) is 35.7 Å². The van der Waals surface area contributed by atoms with E-state index in [2.05, 4.69) is 34.8 Å². The van der Waals surface area contributed by atoms with Gasteiger partial charge >= 0.3 is 0 Å². The van der Waals surface area contributed by atoms with E-state index in [9.17, 15) is 5.26 Å². The number of hydrogen-bond acceptors (Lipinski definition) is 6. The molecule has 0 amide bonds. The SMILES string of the molecule is C=C1c2c(C)nc(SC)c(C#N)c2N=CN1CCc1ccc(OC)cc1. The molecule has 1 aliphatic rings. The van der Waals surface area contributed by atoms with E-state index in [4.69, 9.17) is 4.74 Å². The Morgan fingerprint density at radius 2 is 2.04 bits per heavy atom. The van der Waals surface area contributed by atoms with Gasteiger partial charge in [0.2, 0.25) is 0 Å². The molecule has 1 aliphatic heterocycles. The fraction of sp³-hybridized carbons (Fsp3) is 0.250. The summed E-state index contributed by atoms with van der Waals surface area (Å²) in [6.07, 6.45) is 4.53. The van der Waals surface area contributed by atoms with Gasteiger partial charge in [-0.2, -0.15) is 5.26 Å². The number of thioether (sulfide) groups is 1. The van der Waals surface area contributed by atoms with Crippen molar-refractivity contribution in [2.45, 2.75) is 18.4 Å². The summed E-state index contributed by atoms with van der Waals surface area (Å²) in [7, 11) is 1.66. The van der Waals surface area contributed by atoms with Crippen LogP contribution in [-0.4, -0.2) is 36.1 Å². The number of aryl methyl sites for hydroxylation is 1. The van der Waals surface area contributed by atoms with E-state index in [1.54, 1.807) is 13.4 Å². The highest BCUT2D eigenvalue weighted by Gasteiger charge is 2.24. The van der Waals surface area contributed by atoms with Crippen LogP contribution in [0.5, 0.6) is 5.75 Å². The van der Waals surface area contributed by atoms with Crippen LogP contribution >= 0.6 is 11.8 Å².